The first-order valence-electron chi connectivity index (χ1n) is 3.68. The molecule has 0 aliphatic carbocycles. The summed E-state index contributed by atoms with van der Waals surface area (Å²) in [6.45, 7) is 0. The van der Waals surface area contributed by atoms with E-state index in [1.807, 2.05) is 0 Å². The Morgan fingerprint density at radius 3 is 2.92 bits per heavy atom. The quantitative estimate of drug-likeness (QED) is 0.749. The largest absolute Gasteiger partial charge is 0.396 e. The van der Waals surface area contributed by atoms with Gasteiger partial charge in [-0.2, -0.15) is 5.10 Å². The molecule has 5 heteroatoms. The molecule has 4 nitrogen and oxygen atoms in total. The second-order valence-electron chi connectivity index (χ2n) is 2.53. The lowest BCUT2D eigenvalue weighted by molar-refractivity contribution is 0.847. The summed E-state index contributed by atoms with van der Waals surface area (Å²) in [5.74, 6) is 0.584. The zero-order chi connectivity index (χ0) is 9.26. The van der Waals surface area contributed by atoms with E-state index in [0.29, 0.717) is 16.5 Å². The fourth-order valence-corrected chi connectivity index (χ4v) is 1.21. The molecular formula is C8H7ClN4. The van der Waals surface area contributed by atoms with Gasteiger partial charge in [0.1, 0.15) is 0 Å². The van der Waals surface area contributed by atoms with Crippen LogP contribution in [-0.2, 0) is 0 Å². The van der Waals surface area contributed by atoms with Crippen LogP contribution in [0.2, 0.25) is 5.02 Å². The molecule has 0 aliphatic heterocycles. The maximum absolute atomic E-state index is 5.90. The van der Waals surface area contributed by atoms with Crippen molar-refractivity contribution < 1.29 is 0 Å². The van der Waals surface area contributed by atoms with E-state index in [4.69, 9.17) is 17.3 Å². The van der Waals surface area contributed by atoms with Crippen molar-refractivity contribution >= 4 is 17.3 Å². The lowest BCUT2D eigenvalue weighted by Crippen LogP contribution is -1.97. The molecule has 2 N–H and O–H groups in total. The molecule has 0 amide bonds. The van der Waals surface area contributed by atoms with Crippen LogP contribution in [0.5, 0.6) is 0 Å². The zero-order valence-corrected chi connectivity index (χ0v) is 7.44. The molecule has 0 aliphatic rings. The first-order chi connectivity index (χ1) is 6.27. The number of nitrogens with two attached hydrogens (primary N) is 1. The number of rotatable bonds is 1. The molecule has 2 aromatic rings. The number of nitrogens with zero attached hydrogens (tertiary/aromatic N) is 3. The lowest BCUT2D eigenvalue weighted by Gasteiger charge is -2.00. The average molecular weight is 195 g/mol. The summed E-state index contributed by atoms with van der Waals surface area (Å²) in [7, 11) is 0. The fourth-order valence-electron chi connectivity index (χ4n) is 0.999. The normalized spacial score (nSPS) is 10.2. The van der Waals surface area contributed by atoms with E-state index in [0.717, 1.165) is 0 Å². The molecule has 0 aromatic carbocycles. The Labute approximate surface area is 80.0 Å². The third-order valence-electron chi connectivity index (χ3n) is 1.56. The molecule has 0 spiro atoms. The van der Waals surface area contributed by atoms with Crippen LogP contribution in [0.15, 0.2) is 30.7 Å². The van der Waals surface area contributed by atoms with Crippen LogP contribution in [0, 0.1) is 0 Å². The van der Waals surface area contributed by atoms with Gasteiger partial charge in [-0.25, -0.2) is 9.67 Å². The number of hydrogen-bond donors (Lipinski definition) is 1. The molecule has 2 rings (SSSR count). The summed E-state index contributed by atoms with van der Waals surface area (Å²) in [5.41, 5.74) is 6.10. The summed E-state index contributed by atoms with van der Waals surface area (Å²) < 4.78 is 1.54. The van der Waals surface area contributed by atoms with Crippen molar-refractivity contribution in [2.45, 2.75) is 0 Å². The lowest BCUT2D eigenvalue weighted by atomic mass is 10.4. The maximum atomic E-state index is 5.90. The van der Waals surface area contributed by atoms with Crippen molar-refractivity contribution in [3.63, 3.8) is 0 Å². The molecule has 0 atom stereocenters. The van der Waals surface area contributed by atoms with E-state index < -0.39 is 0 Å². The smallest absolute Gasteiger partial charge is 0.172 e. The van der Waals surface area contributed by atoms with Gasteiger partial charge >= 0.3 is 0 Å². The number of aromatic nitrogens is 3. The van der Waals surface area contributed by atoms with Gasteiger partial charge in [-0.1, -0.05) is 11.6 Å². The van der Waals surface area contributed by atoms with Gasteiger partial charge in [-0.3, -0.25) is 0 Å². The average Bonchev–Trinajstić information content (AvgIpc) is 2.53. The van der Waals surface area contributed by atoms with Gasteiger partial charge in [-0.15, -0.1) is 0 Å². The van der Waals surface area contributed by atoms with Crippen molar-refractivity contribution in [3.8, 4) is 5.82 Å². The van der Waals surface area contributed by atoms with Crippen molar-refractivity contribution in [2.24, 2.45) is 0 Å². The molecule has 0 saturated heterocycles. The Balaban J connectivity index is 2.52. The van der Waals surface area contributed by atoms with E-state index in [1.165, 1.54) is 4.68 Å². The first-order valence-corrected chi connectivity index (χ1v) is 4.06. The summed E-state index contributed by atoms with van der Waals surface area (Å²) in [6, 6.07) is 3.51. The van der Waals surface area contributed by atoms with E-state index >= 15 is 0 Å². The van der Waals surface area contributed by atoms with Crippen LogP contribution < -0.4 is 5.73 Å². The number of hydrogen-bond acceptors (Lipinski definition) is 3. The van der Waals surface area contributed by atoms with Gasteiger partial charge in [0.25, 0.3) is 0 Å². The topological polar surface area (TPSA) is 56.7 Å². The molecule has 0 unspecified atom stereocenters. The highest BCUT2D eigenvalue weighted by Gasteiger charge is 2.03. The van der Waals surface area contributed by atoms with Crippen LogP contribution >= 0.6 is 11.6 Å². The Hall–Kier alpha value is -1.55. The number of pyridine rings is 1. The van der Waals surface area contributed by atoms with Crippen molar-refractivity contribution in [1.82, 2.24) is 14.8 Å². The Morgan fingerprint density at radius 1 is 1.46 bits per heavy atom. The van der Waals surface area contributed by atoms with Crippen LogP contribution in [0.1, 0.15) is 0 Å². The summed E-state index contributed by atoms with van der Waals surface area (Å²) in [6.07, 6.45) is 4.86. The number of anilines is 1. The highest BCUT2D eigenvalue weighted by atomic mass is 35.5. The SMILES string of the molecule is Nc1cnn(-c2ncccc2Cl)c1. The van der Waals surface area contributed by atoms with Crippen molar-refractivity contribution in [1.29, 1.82) is 0 Å². The molecule has 2 heterocycles. The van der Waals surface area contributed by atoms with E-state index in [-0.39, 0.29) is 0 Å². The monoisotopic (exact) mass is 194 g/mol. The Kier molecular flexibility index (Phi) is 1.90. The van der Waals surface area contributed by atoms with Gasteiger partial charge in [0.2, 0.25) is 0 Å². The molecule has 0 bridgehead atoms. The minimum absolute atomic E-state index is 0.547. The molecule has 13 heavy (non-hydrogen) atoms. The predicted molar refractivity (Wildman–Crippen MR) is 50.8 cm³/mol. The Bertz CT molecular complexity index is 424. The molecule has 0 saturated carbocycles. The number of halogens is 1. The third kappa shape index (κ3) is 1.48. The second kappa shape index (κ2) is 3.06. The standard InChI is InChI=1S/C8H7ClN4/c9-7-2-1-3-11-8(7)13-5-6(10)4-12-13/h1-5H,10H2. The predicted octanol–water partition coefficient (Wildman–Crippen LogP) is 1.50. The first kappa shape index (κ1) is 8.07. The minimum atomic E-state index is 0.547. The van der Waals surface area contributed by atoms with Gasteiger partial charge in [-0.05, 0) is 12.1 Å². The molecule has 0 fully saturated rings. The highest BCUT2D eigenvalue weighted by molar-refractivity contribution is 6.32. The molecule has 66 valence electrons. The van der Waals surface area contributed by atoms with Gasteiger partial charge in [0.05, 0.1) is 23.1 Å². The molecular weight excluding hydrogens is 188 g/mol. The van der Waals surface area contributed by atoms with E-state index in [1.54, 1.807) is 30.7 Å². The van der Waals surface area contributed by atoms with E-state index in [2.05, 4.69) is 10.1 Å². The van der Waals surface area contributed by atoms with E-state index in [9.17, 15) is 0 Å². The third-order valence-corrected chi connectivity index (χ3v) is 1.85. The maximum Gasteiger partial charge on any atom is 0.172 e. The van der Waals surface area contributed by atoms with Crippen LogP contribution in [-0.4, -0.2) is 14.8 Å². The second-order valence-corrected chi connectivity index (χ2v) is 2.93. The van der Waals surface area contributed by atoms with Crippen molar-refractivity contribution in [2.75, 3.05) is 5.73 Å². The summed E-state index contributed by atoms with van der Waals surface area (Å²) in [5, 5.41) is 4.54. The zero-order valence-electron chi connectivity index (χ0n) is 6.68. The van der Waals surface area contributed by atoms with Gasteiger partial charge in [0.15, 0.2) is 5.82 Å². The summed E-state index contributed by atoms with van der Waals surface area (Å²) in [4.78, 5) is 4.07. The number of nitrogen functional groups attached to an aromatic ring is 1. The van der Waals surface area contributed by atoms with Gasteiger partial charge < -0.3 is 5.73 Å². The molecule has 2 aromatic heterocycles. The van der Waals surface area contributed by atoms with Crippen LogP contribution in [0.3, 0.4) is 0 Å². The van der Waals surface area contributed by atoms with Crippen LogP contribution in [0.25, 0.3) is 5.82 Å². The van der Waals surface area contributed by atoms with Crippen LogP contribution in [0.4, 0.5) is 5.69 Å². The minimum Gasteiger partial charge on any atom is -0.396 e. The van der Waals surface area contributed by atoms with Gasteiger partial charge in [0, 0.05) is 6.20 Å². The van der Waals surface area contributed by atoms with Crippen molar-refractivity contribution in [3.05, 3.63) is 35.7 Å². The fraction of sp³-hybridized carbons (Fsp3) is 0. The summed E-state index contributed by atoms with van der Waals surface area (Å²) >= 11 is 5.90. The molecule has 0 radical (unpaired) electrons. The Morgan fingerprint density at radius 2 is 2.31 bits per heavy atom. The highest BCUT2D eigenvalue weighted by Crippen LogP contribution is 2.16.